The van der Waals surface area contributed by atoms with Gasteiger partial charge in [0.2, 0.25) is 0 Å². The lowest BCUT2D eigenvalue weighted by atomic mass is 9.95. The minimum atomic E-state index is -0.584. The second kappa shape index (κ2) is 9.81. The van der Waals surface area contributed by atoms with E-state index in [2.05, 4.69) is 10.6 Å². The number of anilines is 2. The maximum atomic E-state index is 13.1. The van der Waals surface area contributed by atoms with Crippen molar-refractivity contribution in [3.05, 3.63) is 49.9 Å². The second-order valence-corrected chi connectivity index (χ2v) is 9.26. The number of amides is 2. The van der Waals surface area contributed by atoms with Crippen LogP contribution in [0.1, 0.15) is 44.0 Å². The van der Waals surface area contributed by atoms with E-state index in [4.69, 9.17) is 22.7 Å². The first-order valence-corrected chi connectivity index (χ1v) is 11.8. The molecule has 10 nitrogen and oxygen atoms in total. The molecule has 2 aliphatic rings. The number of rotatable bonds is 5. The average Bonchev–Trinajstić information content (AvgIpc) is 3.17. The van der Waals surface area contributed by atoms with Crippen LogP contribution in [-0.4, -0.2) is 48.2 Å². The van der Waals surface area contributed by atoms with Gasteiger partial charge in [-0.1, -0.05) is 0 Å². The number of benzene rings is 1. The van der Waals surface area contributed by atoms with Crippen molar-refractivity contribution in [2.24, 2.45) is 5.73 Å². The number of thiocarbonyl (C=S) groups is 1. The van der Waals surface area contributed by atoms with Crippen LogP contribution in [0, 0.1) is 10.1 Å². The summed E-state index contributed by atoms with van der Waals surface area (Å²) in [7, 11) is 0. The highest BCUT2D eigenvalue weighted by Gasteiger charge is 2.26. The molecule has 1 aliphatic carbocycles. The van der Waals surface area contributed by atoms with E-state index in [1.165, 1.54) is 23.5 Å². The summed E-state index contributed by atoms with van der Waals surface area (Å²) in [5.41, 5.74) is 7.48. The minimum absolute atomic E-state index is 0.0134. The molecule has 0 radical (unpaired) electrons. The van der Waals surface area contributed by atoms with Crippen molar-refractivity contribution in [2.75, 3.05) is 36.5 Å². The van der Waals surface area contributed by atoms with Crippen LogP contribution < -0.4 is 21.3 Å². The van der Waals surface area contributed by atoms with Crippen LogP contribution in [0.15, 0.2) is 18.2 Å². The standard InChI is InChI=1S/C21H23N5O5S2/c22-18(27)17-13-3-1-2-4-16(13)33-20(17)24-21(32)23-19(28)14-11-12(26(29)30)5-6-15(14)25-7-9-31-10-8-25/h5-6,11H,1-4,7-10H2,(H2,22,27)(H2,23,24,28,32). The number of nitrogens with one attached hydrogen (secondary N) is 2. The van der Waals surface area contributed by atoms with Gasteiger partial charge in [-0.05, 0) is 49.5 Å². The number of aryl methyl sites for hydroxylation is 1. The topological polar surface area (TPSA) is 140 Å². The van der Waals surface area contributed by atoms with E-state index in [1.807, 2.05) is 4.90 Å². The van der Waals surface area contributed by atoms with E-state index >= 15 is 0 Å². The molecule has 4 rings (SSSR count). The highest BCUT2D eigenvalue weighted by molar-refractivity contribution is 7.80. The van der Waals surface area contributed by atoms with Gasteiger partial charge in [-0.2, -0.15) is 0 Å². The summed E-state index contributed by atoms with van der Waals surface area (Å²) in [6, 6.07) is 4.17. The predicted octanol–water partition coefficient (Wildman–Crippen LogP) is 2.60. The van der Waals surface area contributed by atoms with Crippen LogP contribution in [0.2, 0.25) is 0 Å². The Kier molecular flexibility index (Phi) is 6.86. The molecule has 0 spiro atoms. The quantitative estimate of drug-likeness (QED) is 0.331. The summed E-state index contributed by atoms with van der Waals surface area (Å²) < 4.78 is 5.36. The molecule has 0 saturated carbocycles. The molecule has 12 heteroatoms. The van der Waals surface area contributed by atoms with E-state index in [1.54, 1.807) is 6.07 Å². The zero-order chi connectivity index (χ0) is 23.5. The molecular formula is C21H23N5O5S2. The number of nitro groups is 1. The van der Waals surface area contributed by atoms with Crippen LogP contribution in [-0.2, 0) is 17.6 Å². The van der Waals surface area contributed by atoms with Gasteiger partial charge in [-0.25, -0.2) is 0 Å². The third-order valence-corrected chi connectivity index (χ3v) is 7.07. The van der Waals surface area contributed by atoms with Crippen molar-refractivity contribution in [1.82, 2.24) is 5.32 Å². The Labute approximate surface area is 199 Å². The van der Waals surface area contributed by atoms with Gasteiger partial charge in [0.1, 0.15) is 5.00 Å². The molecule has 1 saturated heterocycles. The number of non-ortho nitro benzene ring substituents is 1. The minimum Gasteiger partial charge on any atom is -0.378 e. The summed E-state index contributed by atoms with van der Waals surface area (Å²) in [6.07, 6.45) is 3.68. The Hall–Kier alpha value is -3.09. The molecule has 1 fully saturated rings. The van der Waals surface area contributed by atoms with Gasteiger partial charge in [0.05, 0.1) is 35.0 Å². The number of nitrogens with two attached hydrogens (primary N) is 1. The first-order valence-electron chi connectivity index (χ1n) is 10.5. The van der Waals surface area contributed by atoms with Gasteiger partial charge >= 0.3 is 0 Å². The van der Waals surface area contributed by atoms with Crippen LogP contribution in [0.3, 0.4) is 0 Å². The van der Waals surface area contributed by atoms with Crippen molar-refractivity contribution >= 4 is 56.9 Å². The number of morpholine rings is 1. The molecule has 1 aliphatic heterocycles. The lowest BCUT2D eigenvalue weighted by Gasteiger charge is -2.30. The monoisotopic (exact) mass is 489 g/mol. The highest BCUT2D eigenvalue weighted by atomic mass is 32.1. The van der Waals surface area contributed by atoms with Crippen molar-refractivity contribution in [2.45, 2.75) is 25.7 Å². The normalized spacial score (nSPS) is 15.5. The molecule has 33 heavy (non-hydrogen) atoms. The summed E-state index contributed by atoms with van der Waals surface area (Å²) in [5, 5.41) is 17.3. The van der Waals surface area contributed by atoms with E-state index < -0.39 is 16.7 Å². The molecule has 1 aromatic heterocycles. The Morgan fingerprint density at radius 3 is 2.64 bits per heavy atom. The Morgan fingerprint density at radius 1 is 1.21 bits per heavy atom. The average molecular weight is 490 g/mol. The number of hydrogen-bond donors (Lipinski definition) is 3. The van der Waals surface area contributed by atoms with Gasteiger partial charge in [0, 0.05) is 30.1 Å². The molecule has 174 valence electrons. The summed E-state index contributed by atoms with van der Waals surface area (Å²) >= 11 is 6.74. The first-order chi connectivity index (χ1) is 15.8. The third kappa shape index (κ3) is 4.97. The number of carbonyl (C=O) groups excluding carboxylic acids is 2. The third-order valence-electron chi connectivity index (χ3n) is 5.66. The molecule has 0 atom stereocenters. The Balaban J connectivity index is 1.56. The molecular weight excluding hydrogens is 466 g/mol. The zero-order valence-corrected chi connectivity index (χ0v) is 19.4. The van der Waals surface area contributed by atoms with Gasteiger partial charge in [0.15, 0.2) is 5.11 Å². The predicted molar refractivity (Wildman–Crippen MR) is 129 cm³/mol. The molecule has 0 unspecified atom stereocenters. The maximum absolute atomic E-state index is 13.1. The lowest BCUT2D eigenvalue weighted by molar-refractivity contribution is -0.384. The summed E-state index contributed by atoms with van der Waals surface area (Å²) in [4.78, 5) is 38.9. The van der Waals surface area contributed by atoms with Crippen LogP contribution >= 0.6 is 23.6 Å². The Morgan fingerprint density at radius 2 is 1.94 bits per heavy atom. The number of thiophene rings is 1. The summed E-state index contributed by atoms with van der Waals surface area (Å²) in [5.74, 6) is -1.13. The molecule has 2 heterocycles. The number of nitrogens with zero attached hydrogens (tertiary/aromatic N) is 2. The van der Waals surface area contributed by atoms with E-state index in [0.717, 1.165) is 36.1 Å². The molecule has 0 bridgehead atoms. The molecule has 2 amide bonds. The van der Waals surface area contributed by atoms with Gasteiger partial charge in [-0.3, -0.25) is 25.0 Å². The van der Waals surface area contributed by atoms with Crippen LogP contribution in [0.25, 0.3) is 0 Å². The first kappa shape index (κ1) is 23.1. The Bertz CT molecular complexity index is 1130. The van der Waals surface area contributed by atoms with Gasteiger partial charge in [-0.15, -0.1) is 11.3 Å². The van der Waals surface area contributed by atoms with E-state index in [9.17, 15) is 19.7 Å². The number of carbonyl (C=O) groups is 2. The number of primary amides is 1. The van der Waals surface area contributed by atoms with Crippen LogP contribution in [0.5, 0.6) is 0 Å². The zero-order valence-electron chi connectivity index (χ0n) is 17.7. The number of fused-ring (bicyclic) bond motifs is 1. The fraction of sp³-hybridized carbons (Fsp3) is 0.381. The molecule has 2 aromatic rings. The van der Waals surface area contributed by atoms with Crippen molar-refractivity contribution in [3.8, 4) is 0 Å². The van der Waals surface area contributed by atoms with Crippen molar-refractivity contribution in [1.29, 1.82) is 0 Å². The number of hydrogen-bond acceptors (Lipinski definition) is 8. The fourth-order valence-electron chi connectivity index (χ4n) is 4.12. The van der Waals surface area contributed by atoms with Gasteiger partial charge < -0.3 is 20.7 Å². The van der Waals surface area contributed by atoms with E-state index in [-0.39, 0.29) is 16.4 Å². The highest BCUT2D eigenvalue weighted by Crippen LogP contribution is 2.38. The lowest BCUT2D eigenvalue weighted by Crippen LogP contribution is -2.39. The van der Waals surface area contributed by atoms with Crippen LogP contribution in [0.4, 0.5) is 16.4 Å². The fourth-order valence-corrected chi connectivity index (χ4v) is 5.68. The smallest absolute Gasteiger partial charge is 0.270 e. The molecule has 1 aromatic carbocycles. The van der Waals surface area contributed by atoms with E-state index in [0.29, 0.717) is 42.6 Å². The summed E-state index contributed by atoms with van der Waals surface area (Å²) in [6.45, 7) is 2.11. The largest absolute Gasteiger partial charge is 0.378 e. The second-order valence-electron chi connectivity index (χ2n) is 7.75. The van der Waals surface area contributed by atoms with Crippen molar-refractivity contribution < 1.29 is 19.2 Å². The van der Waals surface area contributed by atoms with Gasteiger partial charge in [0.25, 0.3) is 17.5 Å². The number of ether oxygens (including phenoxy) is 1. The van der Waals surface area contributed by atoms with Crippen molar-refractivity contribution in [3.63, 3.8) is 0 Å². The maximum Gasteiger partial charge on any atom is 0.270 e. The SMILES string of the molecule is NC(=O)c1c(NC(=S)NC(=O)c2cc([N+](=O)[O-])ccc2N2CCOCC2)sc2c1CCCC2. The molecule has 4 N–H and O–H groups in total. The number of nitro benzene ring substituents is 1.